The number of nitro benzene ring substituents is 1. The van der Waals surface area contributed by atoms with Crippen molar-refractivity contribution in [2.75, 3.05) is 23.5 Å². The number of anilines is 2. The van der Waals surface area contributed by atoms with Crippen LogP contribution >= 0.6 is 0 Å². The van der Waals surface area contributed by atoms with Gasteiger partial charge in [-0.2, -0.15) is 5.01 Å². The topological polar surface area (TPSA) is 178 Å². The molecule has 5 aromatic rings. The van der Waals surface area contributed by atoms with E-state index in [0.717, 1.165) is 10.6 Å². The van der Waals surface area contributed by atoms with Crippen LogP contribution in [0.3, 0.4) is 0 Å². The number of para-hydroxylation sites is 2. The molecule has 1 heterocycles. The first kappa shape index (κ1) is 35.9. The Morgan fingerprint density at radius 1 is 0.906 bits per heavy atom. The molecule has 1 aliphatic rings. The van der Waals surface area contributed by atoms with Gasteiger partial charge < -0.3 is 24.6 Å². The van der Waals surface area contributed by atoms with Gasteiger partial charge in [-0.1, -0.05) is 66.7 Å². The van der Waals surface area contributed by atoms with Crippen molar-refractivity contribution in [3.8, 4) is 17.2 Å². The fraction of sp³-hybridized carbons (Fsp3) is 0.179. The lowest BCUT2D eigenvalue weighted by Crippen LogP contribution is -2.45. The van der Waals surface area contributed by atoms with Gasteiger partial charge in [-0.25, -0.2) is 4.79 Å². The molecule has 0 bridgehead atoms. The summed E-state index contributed by atoms with van der Waals surface area (Å²) >= 11 is 0. The maximum atomic E-state index is 13.6. The van der Waals surface area contributed by atoms with E-state index in [4.69, 9.17) is 14.2 Å². The van der Waals surface area contributed by atoms with Crippen LogP contribution in [0, 0.1) is 22.5 Å². The summed E-state index contributed by atoms with van der Waals surface area (Å²) in [4.78, 5) is 63.5. The monoisotopic (exact) mass is 718 g/mol. The first-order chi connectivity index (χ1) is 25.4. The van der Waals surface area contributed by atoms with Gasteiger partial charge >= 0.3 is 17.7 Å². The Morgan fingerprint density at radius 3 is 2.28 bits per heavy atom. The minimum atomic E-state index is -1.27. The van der Waals surface area contributed by atoms with E-state index >= 15 is 0 Å². The van der Waals surface area contributed by atoms with E-state index in [-0.39, 0.29) is 46.9 Å². The van der Waals surface area contributed by atoms with Crippen LogP contribution in [0.5, 0.6) is 17.2 Å². The summed E-state index contributed by atoms with van der Waals surface area (Å²) in [5, 5.41) is 29.1. The fourth-order valence-corrected chi connectivity index (χ4v) is 5.88. The number of nitrogens with zero attached hydrogens (tertiary/aromatic N) is 3. The largest absolute Gasteiger partial charge is 0.506 e. The summed E-state index contributed by atoms with van der Waals surface area (Å²) in [6.07, 6.45) is -1.04. The van der Waals surface area contributed by atoms with Gasteiger partial charge in [-0.3, -0.25) is 29.5 Å². The lowest BCUT2D eigenvalue weighted by molar-refractivity contribution is -0.385. The number of hydrogen-bond donors (Lipinski definition) is 2. The second-order valence-electron chi connectivity index (χ2n) is 12.7. The third kappa shape index (κ3) is 7.42. The number of hydrazine groups is 1. The third-order valence-corrected chi connectivity index (χ3v) is 8.69. The van der Waals surface area contributed by atoms with E-state index < -0.39 is 46.5 Å². The number of phenolic OH excluding ortho intramolecular Hbond substituents is 1. The molecule has 3 amide bonds. The Bertz CT molecular complexity index is 2260. The Morgan fingerprint density at radius 2 is 1.58 bits per heavy atom. The van der Waals surface area contributed by atoms with Crippen LogP contribution in [-0.4, -0.2) is 52.1 Å². The number of hydrogen-bond acceptors (Lipinski definition) is 11. The first-order valence-electron chi connectivity index (χ1n) is 16.4. The summed E-state index contributed by atoms with van der Waals surface area (Å²) in [5.41, 5.74) is 0.218. The highest BCUT2D eigenvalue weighted by Crippen LogP contribution is 2.41. The predicted octanol–water partition coefficient (Wildman–Crippen LogP) is 7.28. The van der Waals surface area contributed by atoms with Gasteiger partial charge in [-0.15, -0.1) is 0 Å². The number of esters is 1. The summed E-state index contributed by atoms with van der Waals surface area (Å²) in [5.74, 6) is -2.26. The number of ether oxygens (including phenoxy) is 3. The number of rotatable bonds is 10. The van der Waals surface area contributed by atoms with E-state index in [0.29, 0.717) is 16.8 Å². The molecule has 14 heteroatoms. The van der Waals surface area contributed by atoms with Crippen LogP contribution in [0.25, 0.3) is 10.8 Å². The molecule has 1 fully saturated rings. The summed E-state index contributed by atoms with van der Waals surface area (Å²) in [6.45, 7) is 3.91. The number of fused-ring (bicyclic) bond motifs is 1. The van der Waals surface area contributed by atoms with Crippen molar-refractivity contribution in [1.82, 2.24) is 5.01 Å². The smallest absolute Gasteiger partial charge is 0.436 e. The number of amides is 3. The third-order valence-electron chi connectivity index (χ3n) is 8.69. The van der Waals surface area contributed by atoms with Crippen LogP contribution in [0.4, 0.5) is 21.9 Å². The number of imide groups is 1. The van der Waals surface area contributed by atoms with Gasteiger partial charge in [0.2, 0.25) is 5.75 Å². The number of benzene rings is 5. The van der Waals surface area contributed by atoms with Crippen LogP contribution < -0.4 is 15.1 Å². The minimum Gasteiger partial charge on any atom is -0.506 e. The molecule has 1 aliphatic heterocycles. The standard InChI is InChI=1S/C39H34N4O10/c1-24-11-7-10-16-31(24)40-36(46)30-20-34(28-14-8-9-15-29(28)35(30)45)53-33-18-17-26(19-32(33)43(49)50)21-51-38(48)42-37(47)39(3,23-52-25(2)44)22-41(42)27-12-5-4-6-13-27/h4-20,45H,21-23H2,1-3H3,(H,40,46). The lowest BCUT2D eigenvalue weighted by Gasteiger charge is -2.27. The average molecular weight is 719 g/mol. The van der Waals surface area contributed by atoms with E-state index in [1.54, 1.807) is 73.7 Å². The van der Waals surface area contributed by atoms with Crippen LogP contribution in [-0.2, 0) is 25.7 Å². The molecule has 0 saturated carbocycles. The van der Waals surface area contributed by atoms with Crippen LogP contribution in [0.2, 0.25) is 0 Å². The molecule has 270 valence electrons. The fourth-order valence-electron chi connectivity index (χ4n) is 5.88. The van der Waals surface area contributed by atoms with Gasteiger partial charge in [0.1, 0.15) is 30.1 Å². The van der Waals surface area contributed by atoms with Crippen molar-refractivity contribution >= 4 is 51.7 Å². The van der Waals surface area contributed by atoms with Gasteiger partial charge in [0.05, 0.1) is 22.7 Å². The normalized spacial score (nSPS) is 15.3. The van der Waals surface area contributed by atoms with Crippen molar-refractivity contribution in [2.45, 2.75) is 27.4 Å². The zero-order valence-corrected chi connectivity index (χ0v) is 28.9. The van der Waals surface area contributed by atoms with Crippen molar-refractivity contribution in [1.29, 1.82) is 0 Å². The average Bonchev–Trinajstić information content (AvgIpc) is 3.42. The number of nitro groups is 1. The van der Waals surface area contributed by atoms with Crippen molar-refractivity contribution in [3.63, 3.8) is 0 Å². The Labute approximate surface area is 303 Å². The maximum absolute atomic E-state index is 13.6. The Kier molecular flexibility index (Phi) is 9.96. The number of aromatic hydroxyl groups is 1. The predicted molar refractivity (Wildman–Crippen MR) is 193 cm³/mol. The highest BCUT2D eigenvalue weighted by Gasteiger charge is 2.52. The molecule has 1 atom stereocenters. The van der Waals surface area contributed by atoms with Gasteiger partial charge in [0.25, 0.3) is 11.8 Å². The van der Waals surface area contributed by atoms with E-state index in [1.165, 1.54) is 36.2 Å². The second kappa shape index (κ2) is 14.7. The molecule has 0 aromatic heterocycles. The van der Waals surface area contributed by atoms with Crippen molar-refractivity contribution < 1.29 is 43.4 Å². The van der Waals surface area contributed by atoms with Crippen molar-refractivity contribution in [3.05, 3.63) is 130 Å². The van der Waals surface area contributed by atoms with Gasteiger partial charge in [0, 0.05) is 29.4 Å². The molecule has 0 spiro atoms. The molecule has 6 rings (SSSR count). The SMILES string of the molecule is CC(=O)OCC1(C)CN(c2ccccc2)N(C(=O)OCc2ccc(Oc3cc(C(=O)Nc4ccccc4C)c(O)c4ccccc34)c([N+](=O)[O-])c2)C1=O. The molecule has 2 N–H and O–H groups in total. The highest BCUT2D eigenvalue weighted by molar-refractivity contribution is 6.11. The van der Waals surface area contributed by atoms with Crippen molar-refractivity contribution in [2.24, 2.45) is 5.41 Å². The molecule has 53 heavy (non-hydrogen) atoms. The molecule has 5 aromatic carbocycles. The van der Waals surface area contributed by atoms with E-state index in [2.05, 4.69) is 5.32 Å². The summed E-state index contributed by atoms with van der Waals surface area (Å²) < 4.78 is 16.7. The number of phenols is 1. The van der Waals surface area contributed by atoms with E-state index in [1.807, 2.05) is 19.1 Å². The molecular weight excluding hydrogens is 684 g/mol. The van der Waals surface area contributed by atoms with Crippen LogP contribution in [0.1, 0.15) is 35.3 Å². The number of carbonyl (C=O) groups is 4. The maximum Gasteiger partial charge on any atom is 0.436 e. The Balaban J connectivity index is 1.25. The quantitative estimate of drug-likeness (QED) is 0.0843. The molecule has 1 unspecified atom stereocenters. The zero-order chi connectivity index (χ0) is 37.9. The number of aryl methyl sites for hydroxylation is 1. The molecule has 0 aliphatic carbocycles. The lowest BCUT2D eigenvalue weighted by atomic mass is 9.92. The molecular formula is C39H34N4O10. The first-order valence-corrected chi connectivity index (χ1v) is 16.4. The van der Waals surface area contributed by atoms with Gasteiger partial charge in [0.15, 0.2) is 0 Å². The second-order valence-corrected chi connectivity index (χ2v) is 12.7. The number of nitrogens with one attached hydrogen (secondary N) is 1. The molecule has 0 radical (unpaired) electrons. The highest BCUT2D eigenvalue weighted by atomic mass is 16.6. The Hall–Kier alpha value is -6.96. The zero-order valence-electron chi connectivity index (χ0n) is 28.9. The molecule has 1 saturated heterocycles. The summed E-state index contributed by atoms with van der Waals surface area (Å²) in [6, 6.07) is 27.6. The summed E-state index contributed by atoms with van der Waals surface area (Å²) in [7, 11) is 0. The minimum absolute atomic E-state index is 0.0109. The van der Waals surface area contributed by atoms with Crippen LogP contribution in [0.15, 0.2) is 103 Å². The van der Waals surface area contributed by atoms with E-state index in [9.17, 15) is 34.4 Å². The molecule has 14 nitrogen and oxygen atoms in total. The van der Waals surface area contributed by atoms with Gasteiger partial charge in [-0.05, 0) is 55.3 Å². The number of carbonyl (C=O) groups excluding carboxylic acids is 4.